The summed E-state index contributed by atoms with van der Waals surface area (Å²) in [6, 6.07) is 67.7. The summed E-state index contributed by atoms with van der Waals surface area (Å²) in [5.41, 5.74) is 18.1. The van der Waals surface area contributed by atoms with Gasteiger partial charge in [-0.1, -0.05) is 133 Å². The normalized spacial score (nSPS) is 11.6. The minimum atomic E-state index is 0.738. The average molecular weight is 757 g/mol. The lowest BCUT2D eigenvalue weighted by molar-refractivity contribution is 1.16. The van der Waals surface area contributed by atoms with Crippen LogP contribution in [-0.4, -0.2) is 19.1 Å². The predicted molar refractivity (Wildman–Crippen MR) is 247 cm³/mol. The fourth-order valence-electron chi connectivity index (χ4n) is 9.05. The highest BCUT2D eigenvalue weighted by atomic mass is 15.0. The van der Waals surface area contributed by atoms with E-state index in [-0.39, 0.29) is 0 Å². The van der Waals surface area contributed by atoms with Crippen LogP contribution in [0, 0.1) is 20.8 Å². The number of hydrogen-bond acceptors (Lipinski definition) is 2. The monoisotopic (exact) mass is 756 g/mol. The van der Waals surface area contributed by atoms with Gasteiger partial charge in [0.2, 0.25) is 0 Å². The maximum Gasteiger partial charge on any atom is 0.160 e. The zero-order valence-corrected chi connectivity index (χ0v) is 33.2. The molecule has 0 fully saturated rings. The van der Waals surface area contributed by atoms with Gasteiger partial charge in [-0.05, 0) is 103 Å². The van der Waals surface area contributed by atoms with Gasteiger partial charge in [-0.3, -0.25) is 0 Å². The van der Waals surface area contributed by atoms with E-state index in [2.05, 4.69) is 218 Å². The van der Waals surface area contributed by atoms with Crippen LogP contribution in [0.2, 0.25) is 0 Å². The minimum Gasteiger partial charge on any atom is -0.309 e. The molecule has 280 valence electrons. The Morgan fingerprint density at radius 1 is 0.322 bits per heavy atom. The minimum absolute atomic E-state index is 0.738. The smallest absolute Gasteiger partial charge is 0.160 e. The highest BCUT2D eigenvalue weighted by molar-refractivity contribution is 6.12. The van der Waals surface area contributed by atoms with Crippen molar-refractivity contribution in [3.8, 4) is 56.4 Å². The van der Waals surface area contributed by atoms with E-state index in [9.17, 15) is 0 Å². The molecule has 0 saturated carbocycles. The van der Waals surface area contributed by atoms with Gasteiger partial charge >= 0.3 is 0 Å². The summed E-state index contributed by atoms with van der Waals surface area (Å²) in [5, 5.41) is 5.01. The van der Waals surface area contributed by atoms with E-state index in [0.717, 1.165) is 50.8 Å². The van der Waals surface area contributed by atoms with Crippen molar-refractivity contribution in [1.29, 1.82) is 0 Å². The Kier molecular flexibility index (Phi) is 8.12. The zero-order valence-electron chi connectivity index (χ0n) is 33.2. The molecule has 11 rings (SSSR count). The summed E-state index contributed by atoms with van der Waals surface area (Å²) in [7, 11) is 0. The number of fused-ring (bicyclic) bond motifs is 6. The van der Waals surface area contributed by atoms with Crippen LogP contribution in [0.4, 0.5) is 0 Å². The van der Waals surface area contributed by atoms with E-state index in [1.54, 1.807) is 0 Å². The number of benzene rings is 8. The zero-order chi connectivity index (χ0) is 39.6. The molecule has 0 spiro atoms. The number of nitrogens with zero attached hydrogens (tertiary/aromatic N) is 4. The van der Waals surface area contributed by atoms with Crippen molar-refractivity contribution in [3.63, 3.8) is 0 Å². The molecule has 3 heterocycles. The van der Waals surface area contributed by atoms with Gasteiger partial charge in [-0.25, -0.2) is 9.97 Å². The Hall–Kier alpha value is -7.56. The molecular formula is C55H40N4. The summed E-state index contributed by atoms with van der Waals surface area (Å²) in [4.78, 5) is 10.2. The van der Waals surface area contributed by atoms with Crippen LogP contribution < -0.4 is 0 Å². The van der Waals surface area contributed by atoms with Gasteiger partial charge in [-0.2, -0.15) is 0 Å². The fraction of sp³-hybridized carbons (Fsp3) is 0.0545. The Balaban J connectivity index is 0.973. The molecule has 0 aliphatic heterocycles. The molecule has 0 aliphatic rings. The van der Waals surface area contributed by atoms with Gasteiger partial charge in [0.05, 0.1) is 33.5 Å². The first-order valence-electron chi connectivity index (χ1n) is 20.2. The summed E-state index contributed by atoms with van der Waals surface area (Å²) < 4.78 is 4.81. The number of aryl methyl sites for hydroxylation is 3. The maximum atomic E-state index is 5.13. The van der Waals surface area contributed by atoms with Gasteiger partial charge in [0.25, 0.3) is 0 Å². The number of para-hydroxylation sites is 3. The van der Waals surface area contributed by atoms with Crippen molar-refractivity contribution in [2.45, 2.75) is 20.8 Å². The Labute approximate surface area is 343 Å². The van der Waals surface area contributed by atoms with Crippen molar-refractivity contribution in [3.05, 3.63) is 205 Å². The van der Waals surface area contributed by atoms with Crippen molar-refractivity contribution in [2.24, 2.45) is 0 Å². The lowest BCUT2D eigenvalue weighted by Gasteiger charge is -2.14. The molecule has 0 N–H and O–H groups in total. The molecule has 3 aromatic heterocycles. The largest absolute Gasteiger partial charge is 0.309 e. The topological polar surface area (TPSA) is 35.6 Å². The second-order valence-electron chi connectivity index (χ2n) is 15.6. The molecular weight excluding hydrogens is 717 g/mol. The van der Waals surface area contributed by atoms with Crippen LogP contribution in [0.1, 0.15) is 16.7 Å². The highest BCUT2D eigenvalue weighted by Gasteiger charge is 2.18. The molecule has 0 saturated heterocycles. The molecule has 4 heteroatoms. The molecule has 0 aliphatic carbocycles. The van der Waals surface area contributed by atoms with E-state index < -0.39 is 0 Å². The first kappa shape index (κ1) is 34.7. The molecule has 0 atom stereocenters. The maximum absolute atomic E-state index is 5.13. The Bertz CT molecular complexity index is 3300. The molecule has 8 aromatic carbocycles. The van der Waals surface area contributed by atoms with E-state index in [1.165, 1.54) is 65.9 Å². The van der Waals surface area contributed by atoms with Crippen molar-refractivity contribution in [2.75, 3.05) is 0 Å². The molecule has 0 amide bonds. The van der Waals surface area contributed by atoms with Gasteiger partial charge in [0.1, 0.15) is 0 Å². The summed E-state index contributed by atoms with van der Waals surface area (Å²) >= 11 is 0. The molecule has 0 bridgehead atoms. The van der Waals surface area contributed by atoms with Crippen LogP contribution >= 0.6 is 0 Å². The molecule has 0 radical (unpaired) electrons. The molecule has 11 aromatic rings. The summed E-state index contributed by atoms with van der Waals surface area (Å²) in [5.74, 6) is 0.738. The molecule has 59 heavy (non-hydrogen) atoms. The SMILES string of the molecule is Cc1cc(-n2c3ccccc3c3cc(-n4c5ccccc5c5ccccc54)ccc32)ccc1-c1ccc(-c2cc(-c3ccccc3C)nc(-c3ccccc3C)n2)cc1. The first-order chi connectivity index (χ1) is 29.0. The van der Waals surface area contributed by atoms with Crippen LogP contribution in [0.5, 0.6) is 0 Å². The lowest BCUT2D eigenvalue weighted by atomic mass is 9.97. The van der Waals surface area contributed by atoms with Gasteiger partial charge in [0, 0.05) is 49.6 Å². The highest BCUT2D eigenvalue weighted by Crippen LogP contribution is 2.38. The van der Waals surface area contributed by atoms with E-state index in [1.807, 2.05) is 0 Å². The number of rotatable bonds is 6. The van der Waals surface area contributed by atoms with Gasteiger partial charge in [-0.15, -0.1) is 0 Å². The average Bonchev–Trinajstić information content (AvgIpc) is 3.79. The van der Waals surface area contributed by atoms with Crippen molar-refractivity contribution in [1.82, 2.24) is 19.1 Å². The Morgan fingerprint density at radius 2 is 0.797 bits per heavy atom. The van der Waals surface area contributed by atoms with E-state index >= 15 is 0 Å². The number of hydrogen-bond donors (Lipinski definition) is 0. The van der Waals surface area contributed by atoms with Gasteiger partial charge in [0.15, 0.2) is 5.82 Å². The summed E-state index contributed by atoms with van der Waals surface area (Å²) in [6.45, 7) is 6.47. The molecule has 0 unspecified atom stereocenters. The second kappa shape index (κ2) is 13.8. The fourth-order valence-corrected chi connectivity index (χ4v) is 9.05. The van der Waals surface area contributed by atoms with Gasteiger partial charge < -0.3 is 9.13 Å². The third kappa shape index (κ3) is 5.75. The first-order valence-corrected chi connectivity index (χ1v) is 20.2. The summed E-state index contributed by atoms with van der Waals surface area (Å²) in [6.07, 6.45) is 0. The van der Waals surface area contributed by atoms with Crippen molar-refractivity contribution >= 4 is 43.6 Å². The van der Waals surface area contributed by atoms with Crippen LogP contribution in [0.3, 0.4) is 0 Å². The lowest BCUT2D eigenvalue weighted by Crippen LogP contribution is -1.98. The van der Waals surface area contributed by atoms with E-state index in [4.69, 9.17) is 9.97 Å². The van der Waals surface area contributed by atoms with Crippen LogP contribution in [0.15, 0.2) is 188 Å². The predicted octanol–water partition coefficient (Wildman–Crippen LogP) is 14.3. The van der Waals surface area contributed by atoms with E-state index in [0.29, 0.717) is 0 Å². The van der Waals surface area contributed by atoms with Crippen molar-refractivity contribution < 1.29 is 0 Å². The van der Waals surface area contributed by atoms with Crippen LogP contribution in [0.25, 0.3) is 100 Å². The molecule has 4 nitrogen and oxygen atoms in total. The van der Waals surface area contributed by atoms with Crippen LogP contribution in [-0.2, 0) is 0 Å². The third-order valence-corrected chi connectivity index (χ3v) is 12.0. The third-order valence-electron chi connectivity index (χ3n) is 12.0. The second-order valence-corrected chi connectivity index (χ2v) is 15.6. The standard InChI is InChI=1S/C55H40N4/c1-35-14-4-6-16-43(35)50-34-49(56-55(57-50)44-17-7-5-15-36(44)2)39-26-24-38(25-27-39)42-30-28-40(32-37(42)3)58-53-23-13-10-20-47(53)48-33-41(29-31-54(48)58)59-51-21-11-8-18-45(51)46-19-9-12-22-52(46)59/h4-34H,1-3H3. The quantitative estimate of drug-likeness (QED) is 0.169. The number of aromatic nitrogens is 4. The Morgan fingerprint density at radius 3 is 1.41 bits per heavy atom.